The summed E-state index contributed by atoms with van der Waals surface area (Å²) in [6.45, 7) is 1.04. The van der Waals surface area contributed by atoms with E-state index in [-0.39, 0.29) is 11.8 Å². The van der Waals surface area contributed by atoms with Crippen LogP contribution in [0.15, 0.2) is 60.8 Å². The fourth-order valence-corrected chi connectivity index (χ4v) is 4.81. The number of piperidine rings is 1. The normalized spacial score (nSPS) is 16.7. The van der Waals surface area contributed by atoms with Crippen molar-refractivity contribution in [1.29, 1.82) is 0 Å². The Balaban J connectivity index is 1.44. The van der Waals surface area contributed by atoms with Crippen LogP contribution in [0.25, 0.3) is 10.9 Å². The number of nitrogens with zero attached hydrogens (tertiary/aromatic N) is 2. The van der Waals surface area contributed by atoms with Gasteiger partial charge in [-0.3, -0.25) is 15.0 Å². The van der Waals surface area contributed by atoms with E-state index in [9.17, 15) is 9.59 Å². The van der Waals surface area contributed by atoms with Gasteiger partial charge in [-0.25, -0.2) is 5.01 Å². The molecular formula is C26H33N5O2. The number of hydrogen-bond donors (Lipinski definition) is 3. The fraction of sp³-hybridized carbons (Fsp3) is 0.385. The van der Waals surface area contributed by atoms with Crippen molar-refractivity contribution in [3.05, 3.63) is 71.9 Å². The highest BCUT2D eigenvalue weighted by Gasteiger charge is 2.43. The Bertz CT molecular complexity index is 1100. The number of aromatic amines is 1. The molecular weight excluding hydrogens is 414 g/mol. The number of carbonyl (C=O) groups is 2. The van der Waals surface area contributed by atoms with E-state index in [0.717, 1.165) is 22.0 Å². The van der Waals surface area contributed by atoms with Crippen LogP contribution in [0.4, 0.5) is 0 Å². The van der Waals surface area contributed by atoms with Gasteiger partial charge < -0.3 is 15.6 Å². The number of benzene rings is 2. The summed E-state index contributed by atoms with van der Waals surface area (Å²) in [5.74, 6) is -0.0480. The van der Waals surface area contributed by atoms with Gasteiger partial charge in [0.25, 0.3) is 0 Å². The topological polar surface area (TPSA) is 94.5 Å². The van der Waals surface area contributed by atoms with Gasteiger partial charge >= 0.3 is 0 Å². The first-order valence-corrected chi connectivity index (χ1v) is 11.5. The average molecular weight is 448 g/mol. The molecule has 3 aromatic rings. The van der Waals surface area contributed by atoms with Crippen LogP contribution in [0.5, 0.6) is 0 Å². The number of aromatic nitrogens is 1. The number of likely N-dealkylation sites (tertiary alicyclic amines) is 1. The molecule has 0 saturated carbocycles. The number of hydrazine groups is 1. The van der Waals surface area contributed by atoms with Crippen molar-refractivity contribution >= 4 is 22.7 Å². The molecule has 1 atom stereocenters. The molecule has 7 nitrogen and oxygen atoms in total. The van der Waals surface area contributed by atoms with Crippen LogP contribution in [0, 0.1) is 5.41 Å². The van der Waals surface area contributed by atoms with E-state index >= 15 is 0 Å². The minimum atomic E-state index is -0.610. The largest absolute Gasteiger partial charge is 0.361 e. The van der Waals surface area contributed by atoms with Crippen LogP contribution in [-0.2, 0) is 22.4 Å². The van der Waals surface area contributed by atoms with E-state index in [4.69, 9.17) is 5.73 Å². The van der Waals surface area contributed by atoms with Crippen LogP contribution in [0.3, 0.4) is 0 Å². The number of carbonyl (C=O) groups excluding carboxylic acids is 2. The van der Waals surface area contributed by atoms with E-state index in [2.05, 4.69) is 22.5 Å². The molecule has 1 saturated heterocycles. The Hall–Kier alpha value is -3.16. The van der Waals surface area contributed by atoms with Crippen LogP contribution < -0.4 is 11.2 Å². The third-order valence-electron chi connectivity index (χ3n) is 6.66. The molecule has 4 rings (SSSR count). The zero-order valence-electron chi connectivity index (χ0n) is 19.4. The minimum absolute atomic E-state index is 0.00606. The van der Waals surface area contributed by atoms with Crippen molar-refractivity contribution in [3.63, 3.8) is 0 Å². The third kappa shape index (κ3) is 5.10. The molecule has 2 heterocycles. The molecule has 0 aliphatic carbocycles. The highest BCUT2D eigenvalue weighted by molar-refractivity contribution is 5.87. The molecule has 0 bridgehead atoms. The fourth-order valence-electron chi connectivity index (χ4n) is 4.81. The summed E-state index contributed by atoms with van der Waals surface area (Å²) in [6, 6.07) is 17.5. The van der Waals surface area contributed by atoms with Gasteiger partial charge in [0.15, 0.2) is 0 Å². The Kier molecular flexibility index (Phi) is 6.81. The maximum atomic E-state index is 13.2. The monoisotopic (exact) mass is 447 g/mol. The first-order chi connectivity index (χ1) is 15.9. The highest BCUT2D eigenvalue weighted by atomic mass is 16.2. The second-order valence-electron chi connectivity index (χ2n) is 9.27. The van der Waals surface area contributed by atoms with E-state index in [1.165, 1.54) is 0 Å². The Morgan fingerprint density at radius 3 is 2.45 bits per heavy atom. The van der Waals surface area contributed by atoms with Gasteiger partial charge in [0, 0.05) is 44.3 Å². The second-order valence-corrected chi connectivity index (χ2v) is 9.27. The first-order valence-electron chi connectivity index (χ1n) is 11.5. The predicted octanol–water partition coefficient (Wildman–Crippen LogP) is 2.48. The number of nitrogens with one attached hydrogen (secondary N) is 2. The van der Waals surface area contributed by atoms with Crippen molar-refractivity contribution in [3.8, 4) is 0 Å². The molecule has 33 heavy (non-hydrogen) atoms. The van der Waals surface area contributed by atoms with Crippen LogP contribution in [-0.4, -0.2) is 59.9 Å². The van der Waals surface area contributed by atoms with E-state index < -0.39 is 11.5 Å². The quantitative estimate of drug-likeness (QED) is 0.485. The number of rotatable bonds is 7. The second kappa shape index (κ2) is 9.77. The number of nitrogens with two attached hydrogens (primary N) is 1. The lowest BCUT2D eigenvalue weighted by Crippen LogP contribution is -2.55. The number of hydrogen-bond acceptors (Lipinski definition) is 4. The van der Waals surface area contributed by atoms with Crippen molar-refractivity contribution in [2.24, 2.45) is 11.1 Å². The van der Waals surface area contributed by atoms with Gasteiger partial charge in [-0.2, -0.15) is 0 Å². The summed E-state index contributed by atoms with van der Waals surface area (Å²) in [6.07, 6.45) is 4.28. The average Bonchev–Trinajstić information content (AvgIpc) is 3.22. The molecule has 174 valence electrons. The lowest BCUT2D eigenvalue weighted by atomic mass is 9.73. The van der Waals surface area contributed by atoms with Crippen LogP contribution in [0.2, 0.25) is 0 Å². The molecule has 1 aliphatic rings. The molecule has 7 heteroatoms. The predicted molar refractivity (Wildman–Crippen MR) is 130 cm³/mol. The molecule has 2 aromatic carbocycles. The van der Waals surface area contributed by atoms with Gasteiger partial charge in [-0.05, 0) is 42.9 Å². The molecule has 0 radical (unpaired) electrons. The van der Waals surface area contributed by atoms with E-state index in [1.54, 1.807) is 5.01 Å². The van der Waals surface area contributed by atoms with Gasteiger partial charge in [0.05, 0.1) is 11.5 Å². The lowest BCUT2D eigenvalue weighted by molar-refractivity contribution is -0.143. The molecule has 0 unspecified atom stereocenters. The molecule has 0 spiro atoms. The summed E-state index contributed by atoms with van der Waals surface area (Å²) < 4.78 is 0. The van der Waals surface area contributed by atoms with Crippen LogP contribution >= 0.6 is 0 Å². The van der Waals surface area contributed by atoms with Crippen molar-refractivity contribution < 1.29 is 9.59 Å². The van der Waals surface area contributed by atoms with Crippen molar-refractivity contribution in [2.45, 2.75) is 31.7 Å². The van der Waals surface area contributed by atoms with Crippen molar-refractivity contribution in [2.75, 3.05) is 27.2 Å². The van der Waals surface area contributed by atoms with Gasteiger partial charge in [-0.15, -0.1) is 0 Å². The van der Waals surface area contributed by atoms with Crippen LogP contribution in [0.1, 0.15) is 24.0 Å². The zero-order valence-corrected chi connectivity index (χ0v) is 19.4. The van der Waals surface area contributed by atoms with E-state index in [1.807, 2.05) is 67.7 Å². The summed E-state index contributed by atoms with van der Waals surface area (Å²) >= 11 is 0. The standard InChI is InChI=1S/C26H33N5O2/c1-30(2)29-25(33)26(17-19-8-4-3-5-9-19)12-14-31(15-13-26)24(32)22(27)16-20-18-28-23-11-7-6-10-21(20)23/h3-11,18,22,28H,12-17,27H2,1-2H3,(H,29,33)/t22-/m1/s1. The SMILES string of the molecule is CN(C)NC(=O)C1(Cc2ccccc2)CCN(C(=O)[C@H](N)Cc2c[nH]c3ccccc23)CC1. The molecule has 1 aliphatic heterocycles. The lowest BCUT2D eigenvalue weighted by Gasteiger charge is -2.42. The Morgan fingerprint density at radius 2 is 1.76 bits per heavy atom. The third-order valence-corrected chi connectivity index (χ3v) is 6.66. The highest BCUT2D eigenvalue weighted by Crippen LogP contribution is 2.36. The number of para-hydroxylation sites is 1. The van der Waals surface area contributed by atoms with Gasteiger partial charge in [0.1, 0.15) is 0 Å². The van der Waals surface area contributed by atoms with Gasteiger partial charge in [-0.1, -0.05) is 48.5 Å². The number of amides is 2. The zero-order chi connectivity index (χ0) is 23.4. The Morgan fingerprint density at radius 1 is 1.09 bits per heavy atom. The molecule has 1 aromatic heterocycles. The number of H-pyrrole nitrogens is 1. The molecule has 1 fully saturated rings. The van der Waals surface area contributed by atoms with E-state index in [0.29, 0.717) is 38.8 Å². The summed E-state index contributed by atoms with van der Waals surface area (Å²) in [5, 5.41) is 2.78. The smallest absolute Gasteiger partial charge is 0.240 e. The maximum absolute atomic E-state index is 13.2. The van der Waals surface area contributed by atoms with Crippen molar-refractivity contribution in [1.82, 2.24) is 20.3 Å². The maximum Gasteiger partial charge on any atom is 0.240 e. The summed E-state index contributed by atoms with van der Waals surface area (Å²) in [5.41, 5.74) is 12.0. The Labute approximate surface area is 194 Å². The summed E-state index contributed by atoms with van der Waals surface area (Å²) in [7, 11) is 3.63. The van der Waals surface area contributed by atoms with Gasteiger partial charge in [0.2, 0.25) is 11.8 Å². The summed E-state index contributed by atoms with van der Waals surface area (Å²) in [4.78, 5) is 31.4. The first kappa shape index (κ1) is 23.0. The minimum Gasteiger partial charge on any atom is -0.361 e. The molecule has 4 N–H and O–H groups in total. The number of fused-ring (bicyclic) bond motifs is 1. The molecule has 2 amide bonds.